The lowest BCUT2D eigenvalue weighted by molar-refractivity contribution is -0.116. The van der Waals surface area contributed by atoms with Crippen LogP contribution in [0.2, 0.25) is 0 Å². The number of Topliss-reactive ketones (excluding diaryl/α,β-unsaturated/α-hetero) is 1. The predicted molar refractivity (Wildman–Crippen MR) is 51.3 cm³/mol. The molecule has 0 saturated carbocycles. The largest absolute Gasteiger partial charge is 0.298 e. The van der Waals surface area contributed by atoms with Crippen LogP contribution in [0.4, 0.5) is 0 Å². The molecule has 13 heavy (non-hydrogen) atoms. The molecule has 0 amide bonds. The Morgan fingerprint density at radius 1 is 1.38 bits per heavy atom. The van der Waals surface area contributed by atoms with Crippen molar-refractivity contribution < 1.29 is 9.59 Å². The molecule has 68 valence electrons. The van der Waals surface area contributed by atoms with E-state index in [-0.39, 0.29) is 18.1 Å². The summed E-state index contributed by atoms with van der Waals surface area (Å²) in [6.07, 6.45) is 0.981. The Labute approximate surface area is 81.5 Å². The van der Waals surface area contributed by atoms with E-state index in [1.54, 1.807) is 24.3 Å². The number of hydrogen-bond donors (Lipinski definition) is 0. The Kier molecular flexibility index (Phi) is 3.65. The minimum atomic E-state index is -0.0732. The monoisotopic (exact) mass is 196 g/mol. The highest BCUT2D eigenvalue weighted by molar-refractivity contribution is 6.27. The minimum Gasteiger partial charge on any atom is -0.298 e. The molecular weight excluding hydrogens is 188 g/mol. The van der Waals surface area contributed by atoms with E-state index < -0.39 is 0 Å². The van der Waals surface area contributed by atoms with E-state index in [0.717, 1.165) is 11.8 Å². The van der Waals surface area contributed by atoms with E-state index in [1.165, 1.54) is 0 Å². The van der Waals surface area contributed by atoms with E-state index in [9.17, 15) is 9.59 Å². The van der Waals surface area contributed by atoms with Gasteiger partial charge in [-0.25, -0.2) is 0 Å². The van der Waals surface area contributed by atoms with Gasteiger partial charge >= 0.3 is 0 Å². The van der Waals surface area contributed by atoms with Crippen molar-refractivity contribution in [2.75, 3.05) is 5.88 Å². The third-order valence-electron chi connectivity index (χ3n) is 1.72. The van der Waals surface area contributed by atoms with Gasteiger partial charge in [-0.15, -0.1) is 11.6 Å². The number of halogens is 1. The molecule has 0 atom stereocenters. The molecule has 0 aliphatic heterocycles. The Morgan fingerprint density at radius 3 is 2.69 bits per heavy atom. The smallest absolute Gasteiger partial charge is 0.151 e. The molecule has 2 nitrogen and oxygen atoms in total. The second kappa shape index (κ2) is 4.77. The molecule has 0 bridgehead atoms. The number of carbonyl (C=O) groups is 2. The van der Waals surface area contributed by atoms with E-state index in [1.807, 2.05) is 0 Å². The van der Waals surface area contributed by atoms with Crippen LogP contribution in [0.15, 0.2) is 24.3 Å². The molecule has 3 heteroatoms. The summed E-state index contributed by atoms with van der Waals surface area (Å²) in [6.45, 7) is 0. The lowest BCUT2D eigenvalue weighted by Crippen LogP contribution is -2.05. The first-order valence-electron chi connectivity index (χ1n) is 3.88. The summed E-state index contributed by atoms with van der Waals surface area (Å²) in [5.74, 6) is -0.0799. The van der Waals surface area contributed by atoms with Crippen LogP contribution in [0.1, 0.15) is 15.9 Å². The average Bonchev–Trinajstić information content (AvgIpc) is 2.18. The Morgan fingerprint density at radius 2 is 2.08 bits per heavy atom. The second-order valence-corrected chi connectivity index (χ2v) is 2.93. The van der Waals surface area contributed by atoms with Crippen molar-refractivity contribution >= 4 is 23.7 Å². The zero-order valence-electron chi connectivity index (χ0n) is 7.00. The Bertz CT molecular complexity index is 320. The van der Waals surface area contributed by atoms with Crippen LogP contribution in [0, 0.1) is 0 Å². The molecule has 0 fully saturated rings. The van der Waals surface area contributed by atoms with Gasteiger partial charge < -0.3 is 0 Å². The minimum absolute atomic E-state index is 0.00675. The van der Waals surface area contributed by atoms with Crippen molar-refractivity contribution in [3.63, 3.8) is 0 Å². The van der Waals surface area contributed by atoms with Gasteiger partial charge in [0, 0.05) is 12.0 Å². The quantitative estimate of drug-likeness (QED) is 0.544. The average molecular weight is 197 g/mol. The number of ketones is 1. The zero-order chi connectivity index (χ0) is 9.68. The molecule has 0 N–H and O–H groups in total. The zero-order valence-corrected chi connectivity index (χ0v) is 7.75. The van der Waals surface area contributed by atoms with Crippen LogP contribution in [-0.2, 0) is 11.2 Å². The highest BCUT2D eigenvalue weighted by Gasteiger charge is 2.05. The molecule has 1 rings (SSSR count). The number of benzene rings is 1. The highest BCUT2D eigenvalue weighted by Crippen LogP contribution is 2.07. The normalized spacial score (nSPS) is 9.62. The van der Waals surface area contributed by atoms with Crippen LogP contribution < -0.4 is 0 Å². The first-order valence-corrected chi connectivity index (χ1v) is 4.42. The van der Waals surface area contributed by atoms with Gasteiger partial charge in [-0.3, -0.25) is 9.59 Å². The van der Waals surface area contributed by atoms with Gasteiger partial charge in [0.2, 0.25) is 0 Å². The van der Waals surface area contributed by atoms with Crippen molar-refractivity contribution in [3.8, 4) is 0 Å². The molecule has 0 unspecified atom stereocenters. The maximum absolute atomic E-state index is 11.0. The van der Waals surface area contributed by atoms with Crippen LogP contribution in [0.3, 0.4) is 0 Å². The topological polar surface area (TPSA) is 34.1 Å². The summed E-state index contributed by atoms with van der Waals surface area (Å²) in [7, 11) is 0. The maximum atomic E-state index is 11.0. The van der Waals surface area contributed by atoms with Crippen molar-refractivity contribution in [2.45, 2.75) is 6.42 Å². The molecule has 1 aromatic rings. The summed E-state index contributed by atoms with van der Waals surface area (Å²) in [6, 6.07) is 7.00. The maximum Gasteiger partial charge on any atom is 0.151 e. The highest BCUT2D eigenvalue weighted by atomic mass is 35.5. The number of alkyl halides is 1. The third kappa shape index (κ3) is 2.67. The number of hydrogen-bond acceptors (Lipinski definition) is 2. The van der Waals surface area contributed by atoms with E-state index in [2.05, 4.69) is 0 Å². The predicted octanol–water partition coefficient (Wildman–Crippen LogP) is 1.85. The van der Waals surface area contributed by atoms with Gasteiger partial charge in [0.05, 0.1) is 5.88 Å². The van der Waals surface area contributed by atoms with Gasteiger partial charge in [-0.1, -0.05) is 24.3 Å². The second-order valence-electron chi connectivity index (χ2n) is 2.67. The molecule has 0 aliphatic carbocycles. The molecule has 1 aromatic carbocycles. The molecule has 0 saturated heterocycles. The molecular formula is C10H9ClO2. The van der Waals surface area contributed by atoms with Gasteiger partial charge in [-0.05, 0) is 5.56 Å². The van der Waals surface area contributed by atoms with Crippen molar-refractivity contribution in [1.29, 1.82) is 0 Å². The van der Waals surface area contributed by atoms with Gasteiger partial charge in [-0.2, -0.15) is 0 Å². The molecule has 0 aromatic heterocycles. The fourth-order valence-electron chi connectivity index (χ4n) is 1.07. The number of aldehydes is 1. The van der Waals surface area contributed by atoms with Crippen molar-refractivity contribution in [1.82, 2.24) is 0 Å². The van der Waals surface area contributed by atoms with Crippen molar-refractivity contribution in [2.24, 2.45) is 0 Å². The molecule has 0 spiro atoms. The summed E-state index contributed by atoms with van der Waals surface area (Å²) in [5, 5.41) is 0. The fourth-order valence-corrected chi connectivity index (χ4v) is 1.16. The number of carbonyl (C=O) groups excluding carboxylic acids is 2. The summed E-state index contributed by atoms with van der Waals surface area (Å²) in [5.41, 5.74) is 1.30. The lowest BCUT2D eigenvalue weighted by Gasteiger charge is -2.00. The fraction of sp³-hybridized carbons (Fsp3) is 0.200. The standard InChI is InChI=1S/C10H9ClO2/c11-6-10(13)5-8-3-1-2-4-9(8)7-12/h1-4,7H,5-6H2. The Balaban J connectivity index is 2.87. The van der Waals surface area contributed by atoms with Gasteiger partial charge in [0.15, 0.2) is 5.78 Å². The molecule has 0 heterocycles. The van der Waals surface area contributed by atoms with E-state index >= 15 is 0 Å². The molecule has 0 aliphatic rings. The first-order chi connectivity index (χ1) is 6.27. The van der Waals surface area contributed by atoms with Gasteiger partial charge in [0.25, 0.3) is 0 Å². The SMILES string of the molecule is O=Cc1ccccc1CC(=O)CCl. The van der Waals surface area contributed by atoms with E-state index in [0.29, 0.717) is 5.56 Å². The molecule has 0 radical (unpaired) electrons. The van der Waals surface area contributed by atoms with Crippen LogP contribution in [-0.4, -0.2) is 17.9 Å². The van der Waals surface area contributed by atoms with Crippen LogP contribution >= 0.6 is 11.6 Å². The summed E-state index contributed by atoms with van der Waals surface area (Å²) in [4.78, 5) is 21.6. The summed E-state index contributed by atoms with van der Waals surface area (Å²) < 4.78 is 0. The summed E-state index contributed by atoms with van der Waals surface area (Å²) >= 11 is 5.36. The number of rotatable bonds is 4. The van der Waals surface area contributed by atoms with Crippen molar-refractivity contribution in [3.05, 3.63) is 35.4 Å². The van der Waals surface area contributed by atoms with Crippen LogP contribution in [0.5, 0.6) is 0 Å². The Hall–Kier alpha value is -1.15. The third-order valence-corrected chi connectivity index (χ3v) is 2.02. The lowest BCUT2D eigenvalue weighted by atomic mass is 10.0. The first kappa shape index (κ1) is 9.93. The van der Waals surface area contributed by atoms with Gasteiger partial charge in [0.1, 0.15) is 6.29 Å². The van der Waals surface area contributed by atoms with Crippen LogP contribution in [0.25, 0.3) is 0 Å². The van der Waals surface area contributed by atoms with E-state index in [4.69, 9.17) is 11.6 Å².